The van der Waals surface area contributed by atoms with Gasteiger partial charge in [-0.3, -0.25) is 10.1 Å². The average Bonchev–Trinajstić information content (AvgIpc) is 2.33. The van der Waals surface area contributed by atoms with E-state index in [2.05, 4.69) is 10.3 Å². The number of pyridine rings is 1. The molecule has 19 heavy (non-hydrogen) atoms. The highest BCUT2D eigenvalue weighted by Crippen LogP contribution is 2.22. The summed E-state index contributed by atoms with van der Waals surface area (Å²) in [6, 6.07) is 2.77. The van der Waals surface area contributed by atoms with Crippen LogP contribution in [-0.4, -0.2) is 29.2 Å². The molecule has 0 aliphatic heterocycles. The van der Waals surface area contributed by atoms with Crippen molar-refractivity contribution in [1.82, 2.24) is 4.98 Å². The SMILES string of the molecule is CC(C)OCCCCNc1nc(N)ccc1[N+](=O)[O-]. The van der Waals surface area contributed by atoms with E-state index in [-0.39, 0.29) is 23.4 Å². The number of anilines is 2. The standard InChI is InChI=1S/C12H20N4O3/c1-9(2)19-8-4-3-7-14-12-10(16(17)18)5-6-11(13)15-12/h5-6,9H,3-4,7-8H2,1-2H3,(H3,13,14,15). The smallest absolute Gasteiger partial charge is 0.311 e. The van der Waals surface area contributed by atoms with Crippen molar-refractivity contribution in [3.05, 3.63) is 22.2 Å². The fourth-order valence-electron chi connectivity index (χ4n) is 1.50. The first-order valence-electron chi connectivity index (χ1n) is 6.27. The lowest BCUT2D eigenvalue weighted by molar-refractivity contribution is -0.384. The quantitative estimate of drug-likeness (QED) is 0.425. The zero-order chi connectivity index (χ0) is 14.3. The number of rotatable bonds is 8. The largest absolute Gasteiger partial charge is 0.384 e. The molecule has 0 fully saturated rings. The molecule has 0 saturated carbocycles. The van der Waals surface area contributed by atoms with Gasteiger partial charge in [-0.2, -0.15) is 0 Å². The van der Waals surface area contributed by atoms with E-state index in [1.54, 1.807) is 0 Å². The van der Waals surface area contributed by atoms with Crippen molar-refractivity contribution in [2.75, 3.05) is 24.2 Å². The highest BCUT2D eigenvalue weighted by atomic mass is 16.6. The zero-order valence-corrected chi connectivity index (χ0v) is 11.3. The van der Waals surface area contributed by atoms with Crippen molar-refractivity contribution in [3.8, 4) is 0 Å². The fraction of sp³-hybridized carbons (Fsp3) is 0.583. The van der Waals surface area contributed by atoms with Crippen LogP contribution in [0.3, 0.4) is 0 Å². The summed E-state index contributed by atoms with van der Waals surface area (Å²) < 4.78 is 5.40. The van der Waals surface area contributed by atoms with E-state index in [9.17, 15) is 10.1 Å². The van der Waals surface area contributed by atoms with Crippen LogP contribution in [0.15, 0.2) is 12.1 Å². The molecule has 0 aromatic carbocycles. The van der Waals surface area contributed by atoms with Crippen molar-refractivity contribution >= 4 is 17.3 Å². The molecule has 106 valence electrons. The third kappa shape index (κ3) is 5.52. The molecule has 7 heteroatoms. The maximum Gasteiger partial charge on any atom is 0.311 e. The molecule has 1 rings (SSSR count). The van der Waals surface area contributed by atoms with Gasteiger partial charge in [-0.25, -0.2) is 4.98 Å². The molecule has 0 bridgehead atoms. The van der Waals surface area contributed by atoms with Crippen LogP contribution in [-0.2, 0) is 4.74 Å². The first kappa shape index (κ1) is 15.2. The Hall–Kier alpha value is -1.89. The predicted molar refractivity (Wildman–Crippen MR) is 74.1 cm³/mol. The molecule has 1 aromatic heterocycles. The van der Waals surface area contributed by atoms with E-state index < -0.39 is 4.92 Å². The third-order valence-corrected chi connectivity index (χ3v) is 2.41. The zero-order valence-electron chi connectivity index (χ0n) is 11.3. The van der Waals surface area contributed by atoms with Crippen molar-refractivity contribution < 1.29 is 9.66 Å². The summed E-state index contributed by atoms with van der Waals surface area (Å²) in [5.41, 5.74) is 5.46. The lowest BCUT2D eigenvalue weighted by Gasteiger charge is -2.08. The molecule has 0 aliphatic rings. The minimum absolute atomic E-state index is 0.0624. The van der Waals surface area contributed by atoms with Gasteiger partial charge in [0.25, 0.3) is 0 Å². The highest BCUT2D eigenvalue weighted by Gasteiger charge is 2.14. The van der Waals surface area contributed by atoms with Crippen molar-refractivity contribution in [1.29, 1.82) is 0 Å². The lowest BCUT2D eigenvalue weighted by atomic mass is 10.3. The van der Waals surface area contributed by atoms with Crippen LogP contribution in [0.2, 0.25) is 0 Å². The topological polar surface area (TPSA) is 103 Å². The summed E-state index contributed by atoms with van der Waals surface area (Å²) in [5, 5.41) is 13.7. The fourth-order valence-corrected chi connectivity index (χ4v) is 1.50. The van der Waals surface area contributed by atoms with Crippen LogP contribution in [0.5, 0.6) is 0 Å². The molecule has 0 atom stereocenters. The van der Waals surface area contributed by atoms with Gasteiger partial charge in [-0.05, 0) is 32.8 Å². The average molecular weight is 268 g/mol. The minimum atomic E-state index is -0.476. The molecule has 7 nitrogen and oxygen atoms in total. The maximum absolute atomic E-state index is 10.8. The second-order valence-corrected chi connectivity index (χ2v) is 4.41. The van der Waals surface area contributed by atoms with Gasteiger partial charge in [0.1, 0.15) is 5.82 Å². The Balaban J connectivity index is 2.40. The molecule has 0 unspecified atom stereocenters. The molecule has 0 spiro atoms. The number of nitrogens with two attached hydrogens (primary N) is 1. The Morgan fingerprint density at radius 2 is 2.21 bits per heavy atom. The van der Waals surface area contributed by atoms with Gasteiger partial charge in [0.15, 0.2) is 0 Å². The molecule has 1 aromatic rings. The van der Waals surface area contributed by atoms with Gasteiger partial charge in [-0.15, -0.1) is 0 Å². The molecular weight excluding hydrogens is 248 g/mol. The number of ether oxygens (including phenoxy) is 1. The Morgan fingerprint density at radius 1 is 1.47 bits per heavy atom. The first-order chi connectivity index (χ1) is 9.00. The number of unbranched alkanes of at least 4 members (excludes halogenated alkanes) is 1. The van der Waals surface area contributed by atoms with Crippen LogP contribution in [0.4, 0.5) is 17.3 Å². The van der Waals surface area contributed by atoms with E-state index in [0.717, 1.165) is 12.8 Å². The summed E-state index contributed by atoms with van der Waals surface area (Å²) in [4.78, 5) is 14.3. The maximum atomic E-state index is 10.8. The van der Waals surface area contributed by atoms with Crippen LogP contribution in [0.1, 0.15) is 26.7 Å². The molecule has 0 saturated heterocycles. The van der Waals surface area contributed by atoms with Gasteiger partial charge < -0.3 is 15.8 Å². The van der Waals surface area contributed by atoms with Crippen LogP contribution >= 0.6 is 0 Å². The van der Waals surface area contributed by atoms with Crippen LogP contribution < -0.4 is 11.1 Å². The molecule has 3 N–H and O–H groups in total. The molecular formula is C12H20N4O3. The van der Waals surface area contributed by atoms with Gasteiger partial charge in [0.05, 0.1) is 11.0 Å². The number of hydrogen-bond donors (Lipinski definition) is 2. The van der Waals surface area contributed by atoms with Gasteiger partial charge >= 0.3 is 5.69 Å². The van der Waals surface area contributed by atoms with Crippen LogP contribution in [0, 0.1) is 10.1 Å². The minimum Gasteiger partial charge on any atom is -0.384 e. The highest BCUT2D eigenvalue weighted by molar-refractivity contribution is 5.59. The Bertz CT molecular complexity index is 423. The number of hydrogen-bond acceptors (Lipinski definition) is 6. The predicted octanol–water partition coefficient (Wildman–Crippen LogP) is 2.19. The van der Waals surface area contributed by atoms with Crippen molar-refractivity contribution in [2.24, 2.45) is 0 Å². The summed E-state index contributed by atoms with van der Waals surface area (Å²) in [5.74, 6) is 0.478. The Morgan fingerprint density at radius 3 is 2.84 bits per heavy atom. The lowest BCUT2D eigenvalue weighted by Crippen LogP contribution is -2.09. The van der Waals surface area contributed by atoms with Gasteiger partial charge in [0.2, 0.25) is 5.82 Å². The second-order valence-electron chi connectivity index (χ2n) is 4.41. The van der Waals surface area contributed by atoms with E-state index in [0.29, 0.717) is 13.2 Å². The van der Waals surface area contributed by atoms with E-state index in [1.807, 2.05) is 13.8 Å². The van der Waals surface area contributed by atoms with Crippen molar-refractivity contribution in [2.45, 2.75) is 32.8 Å². The number of nitrogens with one attached hydrogen (secondary N) is 1. The van der Waals surface area contributed by atoms with E-state index in [1.165, 1.54) is 12.1 Å². The monoisotopic (exact) mass is 268 g/mol. The van der Waals surface area contributed by atoms with E-state index in [4.69, 9.17) is 10.5 Å². The summed E-state index contributed by atoms with van der Waals surface area (Å²) >= 11 is 0. The summed E-state index contributed by atoms with van der Waals surface area (Å²) in [7, 11) is 0. The molecule has 0 amide bonds. The van der Waals surface area contributed by atoms with Crippen LogP contribution in [0.25, 0.3) is 0 Å². The number of nitro groups is 1. The van der Waals surface area contributed by atoms with Gasteiger partial charge in [-0.1, -0.05) is 0 Å². The van der Waals surface area contributed by atoms with Gasteiger partial charge in [0, 0.05) is 19.2 Å². The summed E-state index contributed by atoms with van der Waals surface area (Å²) in [6.07, 6.45) is 1.96. The Kier molecular flexibility index (Phi) is 6.01. The first-order valence-corrected chi connectivity index (χ1v) is 6.27. The molecule has 0 radical (unpaired) electrons. The number of nitrogen functional groups attached to an aromatic ring is 1. The second kappa shape index (κ2) is 7.52. The van der Waals surface area contributed by atoms with Crippen molar-refractivity contribution in [3.63, 3.8) is 0 Å². The molecule has 0 aliphatic carbocycles. The summed E-state index contributed by atoms with van der Waals surface area (Å²) in [6.45, 7) is 5.25. The Labute approximate surface area is 112 Å². The molecule has 1 heterocycles. The third-order valence-electron chi connectivity index (χ3n) is 2.41. The number of nitrogens with zero attached hydrogens (tertiary/aromatic N) is 2. The normalized spacial score (nSPS) is 10.7. The number of aromatic nitrogens is 1. The van der Waals surface area contributed by atoms with E-state index >= 15 is 0 Å².